The van der Waals surface area contributed by atoms with Crippen LogP contribution in [-0.4, -0.2) is 31.0 Å². The minimum Gasteiger partial charge on any atom is -0.497 e. The standard InChI is InChI=1S/C32H25NO7/c1-36-22-10-9-20(27(16-22)37-2)15-28-31(35)24-11-12-26-30(32(24)40-28)25(17-29(34)39-26)19-6-5-8-23(14-19)38-18-21-7-3-4-13-33-21/h3-16,25H,17-18H2,1-2H3/b28-15-/t25-/m1/s1. The largest absolute Gasteiger partial charge is 0.497 e. The normalized spacial score (nSPS) is 16.6. The van der Waals surface area contributed by atoms with Crippen LogP contribution < -0.4 is 23.7 Å². The zero-order valence-electron chi connectivity index (χ0n) is 21.9. The Balaban J connectivity index is 1.35. The van der Waals surface area contributed by atoms with Gasteiger partial charge in [0.15, 0.2) is 5.76 Å². The Hall–Kier alpha value is -5.11. The molecule has 0 aliphatic carbocycles. The number of esters is 1. The Labute approximate surface area is 230 Å². The van der Waals surface area contributed by atoms with Crippen molar-refractivity contribution in [2.24, 2.45) is 0 Å². The van der Waals surface area contributed by atoms with Crippen LogP contribution >= 0.6 is 0 Å². The van der Waals surface area contributed by atoms with Gasteiger partial charge in [0.2, 0.25) is 5.78 Å². The van der Waals surface area contributed by atoms with Crippen LogP contribution in [0.2, 0.25) is 0 Å². The average molecular weight is 536 g/mol. The van der Waals surface area contributed by atoms with Gasteiger partial charge in [0.05, 0.1) is 31.9 Å². The first-order valence-electron chi connectivity index (χ1n) is 12.7. The van der Waals surface area contributed by atoms with E-state index < -0.39 is 5.92 Å². The maximum Gasteiger partial charge on any atom is 0.312 e. The number of aromatic nitrogens is 1. The van der Waals surface area contributed by atoms with Crippen molar-refractivity contribution in [3.05, 3.63) is 113 Å². The molecule has 6 rings (SSSR count). The van der Waals surface area contributed by atoms with Gasteiger partial charge in [-0.1, -0.05) is 18.2 Å². The highest BCUT2D eigenvalue weighted by molar-refractivity contribution is 6.15. The molecule has 2 aliphatic rings. The van der Waals surface area contributed by atoms with Crippen LogP contribution in [0.4, 0.5) is 0 Å². The molecule has 4 aromatic rings. The van der Waals surface area contributed by atoms with Crippen LogP contribution in [0.15, 0.2) is 84.8 Å². The lowest BCUT2D eigenvalue weighted by molar-refractivity contribution is -0.135. The molecular weight excluding hydrogens is 510 g/mol. The Morgan fingerprint density at radius 2 is 1.82 bits per heavy atom. The molecule has 0 spiro atoms. The molecule has 2 aliphatic heterocycles. The third kappa shape index (κ3) is 4.75. The van der Waals surface area contributed by atoms with Crippen LogP contribution in [0.5, 0.6) is 28.7 Å². The van der Waals surface area contributed by atoms with E-state index in [-0.39, 0.29) is 23.9 Å². The topological polar surface area (TPSA) is 93.2 Å². The van der Waals surface area contributed by atoms with Crippen LogP contribution in [0, 0.1) is 0 Å². The molecule has 8 nitrogen and oxygen atoms in total. The van der Waals surface area contributed by atoms with E-state index in [9.17, 15) is 9.59 Å². The molecule has 1 aromatic heterocycles. The van der Waals surface area contributed by atoms with Crippen LogP contribution in [-0.2, 0) is 11.4 Å². The molecule has 40 heavy (non-hydrogen) atoms. The Bertz CT molecular complexity index is 1640. The smallest absolute Gasteiger partial charge is 0.312 e. The molecule has 0 unspecified atom stereocenters. The van der Waals surface area contributed by atoms with Gasteiger partial charge in [0, 0.05) is 29.3 Å². The first kappa shape index (κ1) is 25.2. The SMILES string of the molecule is COc1ccc(/C=C2\Oc3c(ccc4c3[C@@H](c3cccc(OCc5ccccn5)c3)CC(=O)O4)C2=O)c(OC)c1. The molecule has 0 saturated carbocycles. The first-order valence-corrected chi connectivity index (χ1v) is 12.7. The van der Waals surface area contributed by atoms with Crippen molar-refractivity contribution in [2.75, 3.05) is 14.2 Å². The molecule has 200 valence electrons. The molecule has 0 bridgehead atoms. The number of ether oxygens (including phenoxy) is 5. The highest BCUT2D eigenvalue weighted by Gasteiger charge is 2.38. The highest BCUT2D eigenvalue weighted by atomic mass is 16.5. The summed E-state index contributed by atoms with van der Waals surface area (Å²) < 4.78 is 28.5. The molecule has 0 N–H and O–H groups in total. The molecule has 1 atom stereocenters. The van der Waals surface area contributed by atoms with Gasteiger partial charge in [-0.05, 0) is 60.2 Å². The monoisotopic (exact) mass is 535 g/mol. The lowest BCUT2D eigenvalue weighted by Gasteiger charge is -2.26. The minimum atomic E-state index is -0.396. The van der Waals surface area contributed by atoms with E-state index in [1.807, 2.05) is 42.5 Å². The van der Waals surface area contributed by atoms with E-state index in [1.165, 1.54) is 0 Å². The fourth-order valence-corrected chi connectivity index (χ4v) is 4.93. The molecular formula is C32H25NO7. The molecule has 0 amide bonds. The van der Waals surface area contributed by atoms with Gasteiger partial charge in [-0.2, -0.15) is 0 Å². The number of pyridine rings is 1. The number of hydrogen-bond donors (Lipinski definition) is 0. The second-order valence-corrected chi connectivity index (χ2v) is 9.31. The van der Waals surface area contributed by atoms with Gasteiger partial charge in [-0.25, -0.2) is 0 Å². The summed E-state index contributed by atoms with van der Waals surface area (Å²) in [4.78, 5) is 30.3. The number of hydrogen-bond acceptors (Lipinski definition) is 8. The van der Waals surface area contributed by atoms with Crippen molar-refractivity contribution >= 4 is 17.8 Å². The average Bonchev–Trinajstić information content (AvgIpc) is 3.31. The van der Waals surface area contributed by atoms with E-state index >= 15 is 0 Å². The fraction of sp³-hybridized carbons (Fsp3) is 0.156. The summed E-state index contributed by atoms with van der Waals surface area (Å²) in [5.74, 6) is 1.69. The number of carbonyl (C=O) groups is 2. The van der Waals surface area contributed by atoms with Crippen molar-refractivity contribution in [3.63, 3.8) is 0 Å². The quantitative estimate of drug-likeness (QED) is 0.168. The van der Waals surface area contributed by atoms with Gasteiger partial charge in [-0.3, -0.25) is 14.6 Å². The van der Waals surface area contributed by atoms with Gasteiger partial charge in [0.1, 0.15) is 35.4 Å². The van der Waals surface area contributed by atoms with Gasteiger partial charge in [0.25, 0.3) is 0 Å². The van der Waals surface area contributed by atoms with Crippen LogP contribution in [0.1, 0.15) is 45.1 Å². The number of carbonyl (C=O) groups excluding carboxylic acids is 2. The summed E-state index contributed by atoms with van der Waals surface area (Å²) in [7, 11) is 3.12. The van der Waals surface area contributed by atoms with Crippen molar-refractivity contribution in [1.29, 1.82) is 0 Å². The Kier molecular flexibility index (Phi) is 6.66. The number of allylic oxidation sites excluding steroid dienone is 1. The summed E-state index contributed by atoms with van der Waals surface area (Å²) in [5, 5.41) is 0. The molecule has 0 radical (unpaired) electrons. The van der Waals surface area contributed by atoms with Gasteiger partial charge < -0.3 is 23.7 Å². The number of Topliss-reactive ketones (excluding diaryl/α,β-unsaturated/α-hetero) is 1. The zero-order valence-corrected chi connectivity index (χ0v) is 21.9. The van der Waals surface area contributed by atoms with Gasteiger partial charge in [-0.15, -0.1) is 0 Å². The van der Waals surface area contributed by atoms with E-state index in [4.69, 9.17) is 23.7 Å². The Morgan fingerprint density at radius 3 is 2.62 bits per heavy atom. The molecule has 0 saturated heterocycles. The number of benzene rings is 3. The highest BCUT2D eigenvalue weighted by Crippen LogP contribution is 2.49. The lowest BCUT2D eigenvalue weighted by atomic mass is 9.84. The van der Waals surface area contributed by atoms with Gasteiger partial charge >= 0.3 is 5.97 Å². The van der Waals surface area contributed by atoms with E-state index in [0.29, 0.717) is 52.0 Å². The van der Waals surface area contributed by atoms with E-state index in [2.05, 4.69) is 4.98 Å². The zero-order chi connectivity index (χ0) is 27.6. The predicted molar refractivity (Wildman–Crippen MR) is 146 cm³/mol. The summed E-state index contributed by atoms with van der Waals surface area (Å²) in [6, 6.07) is 21.8. The second-order valence-electron chi connectivity index (χ2n) is 9.31. The summed E-state index contributed by atoms with van der Waals surface area (Å²) in [6.07, 6.45) is 3.45. The first-order chi connectivity index (χ1) is 19.5. The number of fused-ring (bicyclic) bond motifs is 3. The Morgan fingerprint density at radius 1 is 0.925 bits per heavy atom. The maximum absolute atomic E-state index is 13.4. The predicted octanol–water partition coefficient (Wildman–Crippen LogP) is 5.74. The van der Waals surface area contributed by atoms with Crippen molar-refractivity contribution in [3.8, 4) is 28.7 Å². The van der Waals surface area contributed by atoms with Crippen LogP contribution in [0.3, 0.4) is 0 Å². The van der Waals surface area contributed by atoms with E-state index in [0.717, 1.165) is 11.3 Å². The summed E-state index contributed by atoms with van der Waals surface area (Å²) >= 11 is 0. The lowest BCUT2D eigenvalue weighted by Crippen LogP contribution is -2.21. The second kappa shape index (κ2) is 10.6. The van der Waals surface area contributed by atoms with Crippen molar-refractivity contribution in [2.45, 2.75) is 18.9 Å². The third-order valence-corrected chi connectivity index (χ3v) is 6.88. The third-order valence-electron chi connectivity index (χ3n) is 6.88. The molecule has 3 aromatic carbocycles. The van der Waals surface area contributed by atoms with E-state index in [1.54, 1.807) is 56.8 Å². The number of rotatable bonds is 7. The number of ketones is 1. The van der Waals surface area contributed by atoms with Crippen molar-refractivity contribution < 1.29 is 33.3 Å². The minimum absolute atomic E-state index is 0.0933. The summed E-state index contributed by atoms with van der Waals surface area (Å²) in [6.45, 7) is 0.309. The maximum atomic E-state index is 13.4. The fourth-order valence-electron chi connectivity index (χ4n) is 4.93. The van der Waals surface area contributed by atoms with Crippen LogP contribution in [0.25, 0.3) is 6.08 Å². The number of nitrogens with zero attached hydrogens (tertiary/aromatic N) is 1. The molecule has 3 heterocycles. The number of methoxy groups -OCH3 is 2. The van der Waals surface area contributed by atoms with Crippen molar-refractivity contribution in [1.82, 2.24) is 4.98 Å². The molecule has 0 fully saturated rings. The molecule has 8 heteroatoms. The summed E-state index contributed by atoms with van der Waals surface area (Å²) in [5.41, 5.74) is 3.36.